The van der Waals surface area contributed by atoms with Crippen LogP contribution in [0.15, 0.2) is 0 Å². The highest BCUT2D eigenvalue weighted by atomic mass is 16.2. The minimum Gasteiger partial charge on any atom is -0.323 e. The van der Waals surface area contributed by atoms with Gasteiger partial charge in [0.15, 0.2) is 0 Å². The van der Waals surface area contributed by atoms with E-state index < -0.39 is 5.54 Å². The van der Waals surface area contributed by atoms with E-state index in [-0.39, 0.29) is 18.0 Å². The molecule has 2 aliphatic carbocycles. The summed E-state index contributed by atoms with van der Waals surface area (Å²) < 4.78 is 0. The molecule has 0 aromatic carbocycles. The zero-order chi connectivity index (χ0) is 10.5. The number of hydrogen-bond donors (Lipinski definition) is 1. The number of rotatable bonds is 1. The average Bonchev–Trinajstić information content (AvgIpc) is 3.00. The molecule has 3 fully saturated rings. The molecule has 0 aromatic rings. The van der Waals surface area contributed by atoms with Crippen LogP contribution in [0.2, 0.25) is 0 Å². The van der Waals surface area contributed by atoms with Gasteiger partial charge in [0.1, 0.15) is 5.54 Å². The minimum atomic E-state index is -0.516. The number of nitrogens with one attached hydrogen (secondary N) is 1. The number of nitrogens with zero attached hydrogens (tertiary/aromatic N) is 1. The molecule has 82 valence electrons. The number of hydrogen-bond acceptors (Lipinski definition) is 2. The standard InChI is InChI=1S/C11H16N2O2/c14-9-11(6-2-1-3-7-11)12-10(15)13(9)8-4-5-8/h8H,1-7H2,(H,12,15). The fourth-order valence-corrected chi connectivity index (χ4v) is 2.80. The minimum absolute atomic E-state index is 0.0506. The summed E-state index contributed by atoms with van der Waals surface area (Å²) in [7, 11) is 0. The van der Waals surface area contributed by atoms with E-state index in [1.807, 2.05) is 0 Å². The number of carbonyl (C=O) groups excluding carboxylic acids is 2. The van der Waals surface area contributed by atoms with Crippen LogP contribution in [0.25, 0.3) is 0 Å². The average molecular weight is 208 g/mol. The van der Waals surface area contributed by atoms with Crippen molar-refractivity contribution in [3.63, 3.8) is 0 Å². The van der Waals surface area contributed by atoms with Crippen molar-refractivity contribution in [2.75, 3.05) is 0 Å². The molecular formula is C11H16N2O2. The highest BCUT2D eigenvalue weighted by molar-refractivity contribution is 6.07. The molecule has 0 atom stereocenters. The van der Waals surface area contributed by atoms with Crippen LogP contribution in [0.1, 0.15) is 44.9 Å². The maximum Gasteiger partial charge on any atom is 0.325 e. The SMILES string of the molecule is O=C1NC2(CCCCC2)C(=O)N1C1CC1. The van der Waals surface area contributed by atoms with Crippen LogP contribution >= 0.6 is 0 Å². The summed E-state index contributed by atoms with van der Waals surface area (Å²) in [4.78, 5) is 25.4. The molecule has 4 heteroatoms. The lowest BCUT2D eigenvalue weighted by molar-refractivity contribution is -0.132. The van der Waals surface area contributed by atoms with E-state index in [0.717, 1.165) is 38.5 Å². The fraction of sp³-hybridized carbons (Fsp3) is 0.818. The van der Waals surface area contributed by atoms with E-state index in [1.54, 1.807) is 0 Å². The van der Waals surface area contributed by atoms with Gasteiger partial charge in [-0.1, -0.05) is 19.3 Å². The second kappa shape index (κ2) is 2.97. The molecule has 1 N–H and O–H groups in total. The lowest BCUT2D eigenvalue weighted by atomic mass is 9.82. The van der Waals surface area contributed by atoms with Crippen LogP contribution in [0, 0.1) is 0 Å². The van der Waals surface area contributed by atoms with Gasteiger partial charge >= 0.3 is 6.03 Å². The molecule has 1 spiro atoms. The molecule has 0 bridgehead atoms. The van der Waals surface area contributed by atoms with Crippen molar-refractivity contribution >= 4 is 11.9 Å². The van der Waals surface area contributed by atoms with Crippen molar-refractivity contribution in [3.05, 3.63) is 0 Å². The topological polar surface area (TPSA) is 49.4 Å². The van der Waals surface area contributed by atoms with Gasteiger partial charge in [0, 0.05) is 6.04 Å². The van der Waals surface area contributed by atoms with Crippen molar-refractivity contribution < 1.29 is 9.59 Å². The Morgan fingerprint density at radius 2 is 1.80 bits per heavy atom. The van der Waals surface area contributed by atoms with E-state index in [0.29, 0.717) is 0 Å². The Balaban J connectivity index is 1.86. The lowest BCUT2D eigenvalue weighted by Gasteiger charge is -2.30. The quantitative estimate of drug-likeness (QED) is 0.662. The highest BCUT2D eigenvalue weighted by Crippen LogP contribution is 2.38. The van der Waals surface area contributed by atoms with E-state index in [9.17, 15) is 9.59 Å². The molecular weight excluding hydrogens is 192 g/mol. The number of imide groups is 1. The van der Waals surface area contributed by atoms with Crippen LogP contribution in [0.5, 0.6) is 0 Å². The van der Waals surface area contributed by atoms with Gasteiger partial charge in [-0.2, -0.15) is 0 Å². The molecule has 1 aliphatic heterocycles. The number of carbonyl (C=O) groups is 2. The summed E-state index contributed by atoms with van der Waals surface area (Å²) in [6.07, 6.45) is 6.97. The molecule has 0 radical (unpaired) electrons. The second-order valence-corrected chi connectivity index (χ2v) is 4.98. The normalized spacial score (nSPS) is 29.7. The van der Waals surface area contributed by atoms with Crippen molar-refractivity contribution in [3.8, 4) is 0 Å². The van der Waals surface area contributed by atoms with Crippen molar-refractivity contribution in [2.24, 2.45) is 0 Å². The third kappa shape index (κ3) is 1.27. The molecule has 1 heterocycles. The maximum absolute atomic E-state index is 12.2. The fourth-order valence-electron chi connectivity index (χ4n) is 2.80. The molecule has 4 nitrogen and oxygen atoms in total. The smallest absolute Gasteiger partial charge is 0.323 e. The zero-order valence-corrected chi connectivity index (χ0v) is 8.79. The van der Waals surface area contributed by atoms with Crippen LogP contribution in [-0.4, -0.2) is 28.4 Å². The summed E-state index contributed by atoms with van der Waals surface area (Å²) in [5.74, 6) is 0.0506. The first-order chi connectivity index (χ1) is 7.23. The first-order valence-electron chi connectivity index (χ1n) is 5.89. The monoisotopic (exact) mass is 208 g/mol. The van der Waals surface area contributed by atoms with E-state index in [4.69, 9.17) is 0 Å². The first-order valence-corrected chi connectivity index (χ1v) is 5.89. The van der Waals surface area contributed by atoms with Gasteiger partial charge in [-0.3, -0.25) is 9.69 Å². The predicted octanol–water partition coefficient (Wildman–Crippen LogP) is 1.40. The summed E-state index contributed by atoms with van der Waals surface area (Å²) in [6, 6.07) is 0.0585. The van der Waals surface area contributed by atoms with E-state index in [2.05, 4.69) is 5.32 Å². The lowest BCUT2D eigenvalue weighted by Crippen LogP contribution is -2.48. The van der Waals surface area contributed by atoms with E-state index >= 15 is 0 Å². The van der Waals surface area contributed by atoms with Crippen LogP contribution in [0.3, 0.4) is 0 Å². The van der Waals surface area contributed by atoms with Gasteiger partial charge in [0.05, 0.1) is 0 Å². The van der Waals surface area contributed by atoms with Crippen molar-refractivity contribution in [1.82, 2.24) is 10.2 Å². The molecule has 3 rings (SSSR count). The molecule has 3 amide bonds. The van der Waals surface area contributed by atoms with Crippen molar-refractivity contribution in [1.29, 1.82) is 0 Å². The first kappa shape index (κ1) is 9.19. The van der Waals surface area contributed by atoms with Gasteiger partial charge in [-0.25, -0.2) is 4.79 Å². The number of urea groups is 1. The van der Waals surface area contributed by atoms with Gasteiger partial charge in [-0.15, -0.1) is 0 Å². The number of amides is 3. The highest BCUT2D eigenvalue weighted by Gasteiger charge is 2.54. The summed E-state index contributed by atoms with van der Waals surface area (Å²) in [5, 5.41) is 2.93. The largest absolute Gasteiger partial charge is 0.325 e. The van der Waals surface area contributed by atoms with E-state index in [1.165, 1.54) is 11.3 Å². The van der Waals surface area contributed by atoms with Gasteiger partial charge in [-0.05, 0) is 25.7 Å². The summed E-state index contributed by atoms with van der Waals surface area (Å²) >= 11 is 0. The molecule has 2 saturated carbocycles. The Morgan fingerprint density at radius 1 is 1.13 bits per heavy atom. The zero-order valence-electron chi connectivity index (χ0n) is 8.79. The second-order valence-electron chi connectivity index (χ2n) is 4.98. The van der Waals surface area contributed by atoms with Gasteiger partial charge in [0.2, 0.25) is 0 Å². The predicted molar refractivity (Wildman–Crippen MR) is 54.2 cm³/mol. The molecule has 1 saturated heterocycles. The Labute approximate surface area is 89.0 Å². The molecule has 15 heavy (non-hydrogen) atoms. The summed E-state index contributed by atoms with van der Waals surface area (Å²) in [5.41, 5.74) is -0.516. The van der Waals surface area contributed by atoms with Crippen LogP contribution < -0.4 is 5.32 Å². The maximum atomic E-state index is 12.2. The van der Waals surface area contributed by atoms with Crippen LogP contribution in [-0.2, 0) is 4.79 Å². The summed E-state index contributed by atoms with van der Waals surface area (Å²) in [6.45, 7) is 0. The Hall–Kier alpha value is -1.06. The Morgan fingerprint density at radius 3 is 2.40 bits per heavy atom. The molecule has 0 aromatic heterocycles. The third-order valence-corrected chi connectivity index (χ3v) is 3.81. The molecule has 3 aliphatic rings. The Bertz CT molecular complexity index is 317. The van der Waals surface area contributed by atoms with Crippen LogP contribution in [0.4, 0.5) is 4.79 Å². The Kier molecular flexibility index (Phi) is 1.82. The van der Waals surface area contributed by atoms with Gasteiger partial charge < -0.3 is 5.32 Å². The van der Waals surface area contributed by atoms with Gasteiger partial charge in [0.25, 0.3) is 5.91 Å². The third-order valence-electron chi connectivity index (χ3n) is 3.81. The van der Waals surface area contributed by atoms with Crippen molar-refractivity contribution in [2.45, 2.75) is 56.5 Å². The molecule has 0 unspecified atom stereocenters.